The molecule has 0 saturated heterocycles. The largest absolute Gasteiger partial charge is 0.325 e. The molecule has 0 saturated carbocycles. The molecule has 0 atom stereocenters. The zero-order valence-electron chi connectivity index (χ0n) is 12.5. The second-order valence-corrected chi connectivity index (χ2v) is 5.45. The number of amides is 1. The number of carbonyl (C=O) groups excluding carboxylic acids is 1. The second-order valence-electron chi connectivity index (χ2n) is 5.45. The Morgan fingerprint density at radius 2 is 2.00 bits per heavy atom. The lowest BCUT2D eigenvalue weighted by Crippen LogP contribution is -2.36. The molecular formula is C16H23N3O. The molecule has 1 aromatic carbocycles. The Hall–Kier alpha value is -1.86. The van der Waals surface area contributed by atoms with Gasteiger partial charge in [-0.2, -0.15) is 5.26 Å². The van der Waals surface area contributed by atoms with Gasteiger partial charge in [0.1, 0.15) is 0 Å². The van der Waals surface area contributed by atoms with Crippen molar-refractivity contribution in [1.82, 2.24) is 4.90 Å². The summed E-state index contributed by atoms with van der Waals surface area (Å²) in [5, 5.41) is 11.6. The number of nitriles is 1. The second kappa shape index (κ2) is 8.34. The molecule has 0 bridgehead atoms. The van der Waals surface area contributed by atoms with Crippen molar-refractivity contribution in [2.75, 3.05) is 25.0 Å². The van der Waals surface area contributed by atoms with Gasteiger partial charge in [-0.15, -0.1) is 0 Å². The van der Waals surface area contributed by atoms with Gasteiger partial charge in [0.25, 0.3) is 0 Å². The fourth-order valence-corrected chi connectivity index (χ4v) is 2.00. The van der Waals surface area contributed by atoms with Crippen LogP contribution in [-0.4, -0.2) is 30.4 Å². The van der Waals surface area contributed by atoms with Crippen LogP contribution < -0.4 is 5.32 Å². The molecule has 0 aliphatic heterocycles. The van der Waals surface area contributed by atoms with Gasteiger partial charge in [-0.05, 0) is 25.0 Å². The molecule has 4 nitrogen and oxygen atoms in total. The Balaban J connectivity index is 2.52. The average molecular weight is 273 g/mol. The number of benzene rings is 1. The van der Waals surface area contributed by atoms with E-state index in [-0.39, 0.29) is 5.91 Å². The molecule has 1 aromatic rings. The standard InChI is InChI=1S/C16H23N3O/c1-13(2)11-19(10-4-9-17)12-16(20)18-15-7-5-14(3)6-8-15/h5-8,13H,4,10-12H2,1-3H3,(H,18,20). The maximum absolute atomic E-state index is 12.0. The first-order valence-electron chi connectivity index (χ1n) is 6.97. The quantitative estimate of drug-likeness (QED) is 0.831. The van der Waals surface area contributed by atoms with E-state index in [0.29, 0.717) is 25.4 Å². The van der Waals surface area contributed by atoms with Gasteiger partial charge >= 0.3 is 0 Å². The van der Waals surface area contributed by atoms with E-state index in [9.17, 15) is 4.79 Å². The first-order valence-corrected chi connectivity index (χ1v) is 6.97. The minimum absolute atomic E-state index is 0.0348. The van der Waals surface area contributed by atoms with Gasteiger partial charge in [-0.1, -0.05) is 31.5 Å². The molecule has 0 radical (unpaired) electrons. The van der Waals surface area contributed by atoms with Gasteiger partial charge in [-0.25, -0.2) is 0 Å². The van der Waals surface area contributed by atoms with Gasteiger partial charge < -0.3 is 5.32 Å². The van der Waals surface area contributed by atoms with E-state index in [4.69, 9.17) is 5.26 Å². The molecule has 1 amide bonds. The lowest BCUT2D eigenvalue weighted by atomic mass is 10.2. The molecule has 0 aromatic heterocycles. The molecule has 0 aliphatic carbocycles. The van der Waals surface area contributed by atoms with E-state index in [1.54, 1.807) is 0 Å². The van der Waals surface area contributed by atoms with Crippen molar-refractivity contribution in [2.45, 2.75) is 27.2 Å². The van der Waals surface area contributed by atoms with Gasteiger partial charge in [0, 0.05) is 25.2 Å². The van der Waals surface area contributed by atoms with E-state index in [1.165, 1.54) is 5.56 Å². The van der Waals surface area contributed by atoms with Gasteiger partial charge in [-0.3, -0.25) is 9.69 Å². The van der Waals surface area contributed by atoms with E-state index >= 15 is 0 Å². The molecule has 108 valence electrons. The Bertz CT molecular complexity index is 460. The lowest BCUT2D eigenvalue weighted by molar-refractivity contribution is -0.117. The highest BCUT2D eigenvalue weighted by atomic mass is 16.2. The van der Waals surface area contributed by atoms with Crippen molar-refractivity contribution >= 4 is 11.6 Å². The van der Waals surface area contributed by atoms with Crippen molar-refractivity contribution in [3.05, 3.63) is 29.8 Å². The summed E-state index contributed by atoms with van der Waals surface area (Å²) in [6.07, 6.45) is 0.449. The summed E-state index contributed by atoms with van der Waals surface area (Å²) in [6.45, 7) is 8.01. The number of hydrogen-bond acceptors (Lipinski definition) is 3. The highest BCUT2D eigenvalue weighted by Crippen LogP contribution is 2.09. The van der Waals surface area contributed by atoms with E-state index < -0.39 is 0 Å². The van der Waals surface area contributed by atoms with Crippen molar-refractivity contribution in [2.24, 2.45) is 5.92 Å². The zero-order chi connectivity index (χ0) is 15.0. The zero-order valence-corrected chi connectivity index (χ0v) is 12.5. The summed E-state index contributed by atoms with van der Waals surface area (Å²) in [5.74, 6) is 0.438. The molecule has 0 spiro atoms. The number of nitrogens with zero attached hydrogens (tertiary/aromatic N) is 2. The average Bonchev–Trinajstić information content (AvgIpc) is 2.38. The van der Waals surface area contributed by atoms with Crippen molar-refractivity contribution in [3.8, 4) is 6.07 Å². The summed E-state index contributed by atoms with van der Waals surface area (Å²) in [6, 6.07) is 9.86. The highest BCUT2D eigenvalue weighted by molar-refractivity contribution is 5.92. The first-order chi connectivity index (χ1) is 9.51. The summed E-state index contributed by atoms with van der Waals surface area (Å²) in [5.41, 5.74) is 1.98. The smallest absolute Gasteiger partial charge is 0.238 e. The van der Waals surface area contributed by atoms with Crippen LogP contribution in [0.3, 0.4) is 0 Å². The molecule has 0 heterocycles. The predicted octanol–water partition coefficient (Wildman–Crippen LogP) is 2.81. The van der Waals surface area contributed by atoms with Crippen molar-refractivity contribution in [3.63, 3.8) is 0 Å². The topological polar surface area (TPSA) is 56.1 Å². The number of rotatable bonds is 7. The molecule has 4 heteroatoms. The van der Waals surface area contributed by atoms with Crippen LogP contribution in [0.15, 0.2) is 24.3 Å². The third-order valence-electron chi connectivity index (χ3n) is 2.87. The van der Waals surface area contributed by atoms with Crippen molar-refractivity contribution in [1.29, 1.82) is 5.26 Å². The number of hydrogen-bond donors (Lipinski definition) is 1. The maximum Gasteiger partial charge on any atom is 0.238 e. The molecule has 0 aliphatic rings. The van der Waals surface area contributed by atoms with Crippen LogP contribution in [0.1, 0.15) is 25.8 Å². The minimum atomic E-state index is -0.0348. The molecule has 20 heavy (non-hydrogen) atoms. The molecular weight excluding hydrogens is 250 g/mol. The van der Waals surface area contributed by atoms with Crippen LogP contribution in [0.25, 0.3) is 0 Å². The van der Waals surface area contributed by atoms with Crippen LogP contribution in [0.5, 0.6) is 0 Å². The Labute approximate surface area is 121 Å². The Kier molecular flexibility index (Phi) is 6.75. The van der Waals surface area contributed by atoms with Gasteiger partial charge in [0.05, 0.1) is 12.6 Å². The van der Waals surface area contributed by atoms with Crippen LogP contribution in [0, 0.1) is 24.2 Å². The Morgan fingerprint density at radius 1 is 1.35 bits per heavy atom. The van der Waals surface area contributed by atoms with Gasteiger partial charge in [0.2, 0.25) is 5.91 Å². The highest BCUT2D eigenvalue weighted by Gasteiger charge is 2.12. The van der Waals surface area contributed by atoms with E-state index in [1.807, 2.05) is 36.1 Å². The molecule has 0 unspecified atom stereocenters. The number of carbonyl (C=O) groups is 1. The lowest BCUT2D eigenvalue weighted by Gasteiger charge is -2.22. The van der Waals surface area contributed by atoms with Crippen LogP contribution in [0.2, 0.25) is 0 Å². The minimum Gasteiger partial charge on any atom is -0.325 e. The van der Waals surface area contributed by atoms with Crippen molar-refractivity contribution < 1.29 is 4.79 Å². The predicted molar refractivity (Wildman–Crippen MR) is 81.3 cm³/mol. The summed E-state index contributed by atoms with van der Waals surface area (Å²) < 4.78 is 0. The number of aryl methyl sites for hydroxylation is 1. The van der Waals surface area contributed by atoms with E-state index in [2.05, 4.69) is 25.2 Å². The number of anilines is 1. The Morgan fingerprint density at radius 3 is 2.55 bits per heavy atom. The monoisotopic (exact) mass is 273 g/mol. The third-order valence-corrected chi connectivity index (χ3v) is 2.87. The van der Waals surface area contributed by atoms with Crippen LogP contribution in [0.4, 0.5) is 5.69 Å². The first kappa shape index (κ1) is 16.2. The normalized spacial score (nSPS) is 10.6. The SMILES string of the molecule is Cc1ccc(NC(=O)CN(CCC#N)CC(C)C)cc1. The summed E-state index contributed by atoms with van der Waals surface area (Å²) in [4.78, 5) is 14.0. The fourth-order valence-electron chi connectivity index (χ4n) is 2.00. The van der Waals surface area contributed by atoms with Crippen LogP contribution >= 0.6 is 0 Å². The number of nitrogens with one attached hydrogen (secondary N) is 1. The molecule has 0 fully saturated rings. The van der Waals surface area contributed by atoms with Crippen LogP contribution in [-0.2, 0) is 4.79 Å². The fraction of sp³-hybridized carbons (Fsp3) is 0.500. The third kappa shape index (κ3) is 6.35. The van der Waals surface area contributed by atoms with Gasteiger partial charge in [0.15, 0.2) is 0 Å². The van der Waals surface area contributed by atoms with E-state index in [0.717, 1.165) is 12.2 Å². The summed E-state index contributed by atoms with van der Waals surface area (Å²) >= 11 is 0. The maximum atomic E-state index is 12.0. The molecule has 1 rings (SSSR count). The molecule has 1 N–H and O–H groups in total. The summed E-state index contributed by atoms with van der Waals surface area (Å²) in [7, 11) is 0.